The summed E-state index contributed by atoms with van der Waals surface area (Å²) in [4.78, 5) is 18.6. The van der Waals surface area contributed by atoms with E-state index in [0.717, 1.165) is 5.56 Å². The van der Waals surface area contributed by atoms with Gasteiger partial charge in [-0.15, -0.1) is 0 Å². The number of ether oxygens (including phenoxy) is 2. The summed E-state index contributed by atoms with van der Waals surface area (Å²) in [6, 6.07) is 10.1. The molecule has 1 atom stereocenters. The van der Waals surface area contributed by atoms with E-state index in [0.29, 0.717) is 47.6 Å². The van der Waals surface area contributed by atoms with E-state index in [1.54, 1.807) is 43.2 Å². The Kier molecular flexibility index (Phi) is 5.39. The lowest BCUT2D eigenvalue weighted by Crippen LogP contribution is -2.24. The second-order valence-corrected chi connectivity index (χ2v) is 7.09. The molecule has 4 rings (SSSR count). The second kappa shape index (κ2) is 8.14. The molecule has 7 nitrogen and oxygen atoms in total. The number of methoxy groups -OCH3 is 1. The minimum atomic E-state index is -0.297. The lowest BCUT2D eigenvalue weighted by Gasteiger charge is -2.16. The van der Waals surface area contributed by atoms with Crippen LogP contribution < -0.4 is 14.4 Å². The van der Waals surface area contributed by atoms with E-state index < -0.39 is 0 Å². The highest BCUT2D eigenvalue weighted by Crippen LogP contribution is 2.34. The van der Waals surface area contributed by atoms with Crippen LogP contribution in [0.2, 0.25) is 0 Å². The molecule has 0 aliphatic carbocycles. The van der Waals surface area contributed by atoms with Crippen molar-refractivity contribution in [2.45, 2.75) is 26.2 Å². The van der Waals surface area contributed by atoms with Crippen molar-refractivity contribution < 1.29 is 23.2 Å². The van der Waals surface area contributed by atoms with Crippen LogP contribution in [0.5, 0.6) is 11.5 Å². The average molecular weight is 411 g/mol. The Bertz CT molecular complexity index is 1080. The molecule has 0 radical (unpaired) electrons. The Morgan fingerprint density at radius 1 is 1.23 bits per heavy atom. The number of benzene rings is 2. The number of aromatic nitrogens is 2. The van der Waals surface area contributed by atoms with Gasteiger partial charge in [0, 0.05) is 24.2 Å². The molecule has 1 saturated heterocycles. The molecule has 1 aliphatic rings. The molecule has 0 N–H and O–H groups in total. The maximum absolute atomic E-state index is 13.6. The van der Waals surface area contributed by atoms with E-state index in [1.807, 2.05) is 13.0 Å². The van der Waals surface area contributed by atoms with Crippen molar-refractivity contribution in [3.8, 4) is 22.9 Å². The van der Waals surface area contributed by atoms with E-state index in [9.17, 15) is 9.18 Å². The number of aryl methyl sites for hydroxylation is 1. The van der Waals surface area contributed by atoms with Gasteiger partial charge in [-0.2, -0.15) is 4.98 Å². The number of carbonyl (C=O) groups is 1. The van der Waals surface area contributed by atoms with Gasteiger partial charge in [0.25, 0.3) is 0 Å². The van der Waals surface area contributed by atoms with Gasteiger partial charge < -0.3 is 18.9 Å². The standard InChI is InChI=1S/C22H22FN3O4/c1-4-29-18-8-5-14(10-19(18)28-3)21-24-22(30-25-21)15-11-20(27)26(12-15)16-6-7-17(23)13(2)9-16/h5-10,15H,4,11-12H2,1-3H3. The highest BCUT2D eigenvalue weighted by atomic mass is 19.1. The Hall–Kier alpha value is -3.42. The lowest BCUT2D eigenvalue weighted by atomic mass is 10.1. The van der Waals surface area contributed by atoms with Crippen molar-refractivity contribution in [3.63, 3.8) is 0 Å². The second-order valence-electron chi connectivity index (χ2n) is 7.09. The molecule has 1 unspecified atom stereocenters. The minimum absolute atomic E-state index is 0.0616. The molecule has 30 heavy (non-hydrogen) atoms. The maximum Gasteiger partial charge on any atom is 0.232 e. The first kappa shape index (κ1) is 19.9. The summed E-state index contributed by atoms with van der Waals surface area (Å²) in [6.07, 6.45) is 0.255. The van der Waals surface area contributed by atoms with Crippen LogP contribution in [0.25, 0.3) is 11.4 Å². The number of hydrogen-bond acceptors (Lipinski definition) is 6. The number of carbonyl (C=O) groups excluding carboxylic acids is 1. The first-order chi connectivity index (χ1) is 14.5. The Balaban J connectivity index is 1.54. The lowest BCUT2D eigenvalue weighted by molar-refractivity contribution is -0.117. The molecule has 2 aromatic carbocycles. The van der Waals surface area contributed by atoms with Crippen LogP contribution in [0.15, 0.2) is 40.9 Å². The van der Waals surface area contributed by atoms with Crippen LogP contribution in [0, 0.1) is 12.7 Å². The summed E-state index contributed by atoms with van der Waals surface area (Å²) >= 11 is 0. The first-order valence-corrected chi connectivity index (χ1v) is 9.71. The molecular weight excluding hydrogens is 389 g/mol. The van der Waals surface area contributed by atoms with E-state index >= 15 is 0 Å². The minimum Gasteiger partial charge on any atom is -0.493 e. The van der Waals surface area contributed by atoms with Gasteiger partial charge in [0.2, 0.25) is 17.6 Å². The van der Waals surface area contributed by atoms with Gasteiger partial charge in [0.1, 0.15) is 5.82 Å². The van der Waals surface area contributed by atoms with Gasteiger partial charge >= 0.3 is 0 Å². The van der Waals surface area contributed by atoms with Gasteiger partial charge in [-0.05, 0) is 55.8 Å². The molecule has 1 fully saturated rings. The van der Waals surface area contributed by atoms with Gasteiger partial charge in [0.05, 0.1) is 19.6 Å². The molecule has 2 heterocycles. The first-order valence-electron chi connectivity index (χ1n) is 9.71. The molecule has 3 aromatic rings. The van der Waals surface area contributed by atoms with Crippen molar-refractivity contribution in [2.75, 3.05) is 25.2 Å². The van der Waals surface area contributed by atoms with Gasteiger partial charge in [-0.3, -0.25) is 4.79 Å². The predicted molar refractivity (Wildman–Crippen MR) is 108 cm³/mol. The zero-order valence-corrected chi connectivity index (χ0v) is 17.0. The van der Waals surface area contributed by atoms with Crippen LogP contribution in [-0.4, -0.2) is 36.3 Å². The van der Waals surface area contributed by atoms with Gasteiger partial charge in [-0.25, -0.2) is 4.39 Å². The van der Waals surface area contributed by atoms with Crippen molar-refractivity contribution in [1.29, 1.82) is 0 Å². The average Bonchev–Trinajstić information content (AvgIpc) is 3.38. The van der Waals surface area contributed by atoms with Crippen LogP contribution in [0.1, 0.15) is 30.7 Å². The third-order valence-corrected chi connectivity index (χ3v) is 5.09. The van der Waals surface area contributed by atoms with Crippen molar-refractivity contribution in [2.24, 2.45) is 0 Å². The predicted octanol–water partition coefficient (Wildman–Crippen LogP) is 4.11. The van der Waals surface area contributed by atoms with Crippen molar-refractivity contribution >= 4 is 11.6 Å². The third kappa shape index (κ3) is 3.72. The SMILES string of the molecule is CCOc1ccc(-c2noc(C3CC(=O)N(c4ccc(F)c(C)c4)C3)n2)cc1OC. The molecule has 0 saturated carbocycles. The van der Waals surface area contributed by atoms with Crippen LogP contribution in [0.3, 0.4) is 0 Å². The number of rotatable bonds is 6. The van der Waals surface area contributed by atoms with Gasteiger partial charge in [-0.1, -0.05) is 5.16 Å². The molecule has 156 valence electrons. The monoisotopic (exact) mass is 411 g/mol. The number of hydrogen-bond donors (Lipinski definition) is 0. The Labute approximate surface area is 173 Å². The summed E-state index contributed by atoms with van der Waals surface area (Å²) in [5.74, 6) is 1.44. The Morgan fingerprint density at radius 3 is 2.80 bits per heavy atom. The number of anilines is 1. The quantitative estimate of drug-likeness (QED) is 0.607. The van der Waals surface area contributed by atoms with Crippen molar-refractivity contribution in [3.05, 3.63) is 53.7 Å². The zero-order chi connectivity index (χ0) is 21.3. The molecule has 1 aliphatic heterocycles. The number of amides is 1. The summed E-state index contributed by atoms with van der Waals surface area (Å²) in [5.41, 5.74) is 1.88. The molecule has 1 amide bonds. The molecule has 8 heteroatoms. The molecule has 0 spiro atoms. The molecule has 0 bridgehead atoms. The number of nitrogens with zero attached hydrogens (tertiary/aromatic N) is 3. The van der Waals surface area contributed by atoms with Crippen LogP contribution >= 0.6 is 0 Å². The van der Waals surface area contributed by atoms with Crippen LogP contribution in [-0.2, 0) is 4.79 Å². The zero-order valence-electron chi connectivity index (χ0n) is 17.0. The summed E-state index contributed by atoms with van der Waals surface area (Å²) in [5, 5.41) is 4.07. The smallest absolute Gasteiger partial charge is 0.232 e. The fourth-order valence-electron chi connectivity index (χ4n) is 3.52. The molecule has 1 aromatic heterocycles. The topological polar surface area (TPSA) is 77.7 Å². The number of halogens is 1. The van der Waals surface area contributed by atoms with Crippen molar-refractivity contribution in [1.82, 2.24) is 10.1 Å². The summed E-state index contributed by atoms with van der Waals surface area (Å²) in [6.45, 7) is 4.50. The van der Waals surface area contributed by atoms with Gasteiger partial charge in [0.15, 0.2) is 11.5 Å². The van der Waals surface area contributed by atoms with E-state index in [1.165, 1.54) is 6.07 Å². The van der Waals surface area contributed by atoms with E-state index in [-0.39, 0.29) is 24.1 Å². The largest absolute Gasteiger partial charge is 0.493 e. The fraction of sp³-hybridized carbons (Fsp3) is 0.318. The van der Waals surface area contributed by atoms with Crippen LogP contribution in [0.4, 0.5) is 10.1 Å². The van der Waals surface area contributed by atoms with E-state index in [4.69, 9.17) is 14.0 Å². The molecular formula is C22H22FN3O4. The fourth-order valence-corrected chi connectivity index (χ4v) is 3.52. The summed E-state index contributed by atoms with van der Waals surface area (Å²) < 4.78 is 29.9. The van der Waals surface area contributed by atoms with E-state index in [2.05, 4.69) is 10.1 Å². The third-order valence-electron chi connectivity index (χ3n) is 5.09. The summed E-state index contributed by atoms with van der Waals surface area (Å²) in [7, 11) is 1.57. The highest BCUT2D eigenvalue weighted by molar-refractivity contribution is 5.96. The highest BCUT2D eigenvalue weighted by Gasteiger charge is 2.35. The maximum atomic E-state index is 13.6. The Morgan fingerprint density at radius 2 is 2.07 bits per heavy atom. The normalized spacial score (nSPS) is 16.2.